The van der Waals surface area contributed by atoms with Gasteiger partial charge >= 0.3 is 0 Å². The quantitative estimate of drug-likeness (QED) is 0.856. The largest absolute Gasteiger partial charge is 0.459 e. The van der Waals surface area contributed by atoms with Crippen LogP contribution in [0.3, 0.4) is 0 Å². The lowest BCUT2D eigenvalue weighted by molar-refractivity contribution is 0.366. The second kappa shape index (κ2) is 4.68. The van der Waals surface area contributed by atoms with Crippen LogP contribution < -0.4 is 5.73 Å². The highest BCUT2D eigenvalue weighted by atomic mass is 16.3. The fraction of sp³-hybridized carbons (Fsp3) is 0.385. The number of rotatable bonds is 4. The molecule has 3 nitrogen and oxygen atoms in total. The maximum atomic E-state index is 6.09. The Hall–Kier alpha value is -1.32. The van der Waals surface area contributed by atoms with E-state index in [2.05, 4.69) is 4.90 Å². The zero-order chi connectivity index (χ0) is 11.5. The van der Waals surface area contributed by atoms with Gasteiger partial charge in [0.1, 0.15) is 11.3 Å². The Morgan fingerprint density at radius 2 is 2.06 bits per heavy atom. The van der Waals surface area contributed by atoms with Gasteiger partial charge in [-0.2, -0.15) is 0 Å². The van der Waals surface area contributed by atoms with Gasteiger partial charge in [-0.25, -0.2) is 0 Å². The molecule has 0 fully saturated rings. The van der Waals surface area contributed by atoms with Crippen molar-refractivity contribution in [1.82, 2.24) is 4.90 Å². The van der Waals surface area contributed by atoms with Gasteiger partial charge in [-0.3, -0.25) is 0 Å². The molecule has 16 heavy (non-hydrogen) atoms. The minimum absolute atomic E-state index is 0.0187. The predicted octanol–water partition coefficient (Wildman–Crippen LogP) is 2.38. The summed E-state index contributed by atoms with van der Waals surface area (Å²) in [5.74, 6) is 0.878. The highest BCUT2D eigenvalue weighted by molar-refractivity contribution is 5.77. The van der Waals surface area contributed by atoms with Crippen LogP contribution in [0.5, 0.6) is 0 Å². The molecule has 1 atom stereocenters. The molecule has 0 saturated carbocycles. The molecule has 0 aliphatic carbocycles. The van der Waals surface area contributed by atoms with Crippen molar-refractivity contribution in [2.45, 2.75) is 12.5 Å². The van der Waals surface area contributed by atoms with Gasteiger partial charge < -0.3 is 15.1 Å². The molecular weight excluding hydrogens is 200 g/mol. The molecule has 2 N–H and O–H groups in total. The lowest BCUT2D eigenvalue weighted by Gasteiger charge is -2.12. The summed E-state index contributed by atoms with van der Waals surface area (Å²) in [6, 6.07) is 10.0. The fourth-order valence-corrected chi connectivity index (χ4v) is 1.72. The monoisotopic (exact) mass is 218 g/mol. The smallest absolute Gasteiger partial charge is 0.134 e. The summed E-state index contributed by atoms with van der Waals surface area (Å²) >= 11 is 0. The second-order valence-electron chi connectivity index (χ2n) is 4.39. The first-order valence-corrected chi connectivity index (χ1v) is 5.55. The third-order valence-corrected chi connectivity index (χ3v) is 2.70. The van der Waals surface area contributed by atoms with Gasteiger partial charge in [-0.05, 0) is 39.2 Å². The zero-order valence-corrected chi connectivity index (χ0v) is 9.81. The Balaban J connectivity index is 2.13. The molecule has 0 bridgehead atoms. The number of nitrogens with two attached hydrogens (primary N) is 1. The number of benzene rings is 1. The molecule has 0 amide bonds. The van der Waals surface area contributed by atoms with Gasteiger partial charge in [0.15, 0.2) is 0 Å². The molecule has 0 saturated heterocycles. The van der Waals surface area contributed by atoms with Crippen LogP contribution in [0, 0.1) is 0 Å². The van der Waals surface area contributed by atoms with Crippen molar-refractivity contribution >= 4 is 11.0 Å². The lowest BCUT2D eigenvalue weighted by Crippen LogP contribution is -2.19. The van der Waals surface area contributed by atoms with Crippen LogP contribution in [0.1, 0.15) is 18.2 Å². The lowest BCUT2D eigenvalue weighted by atomic mass is 10.1. The molecule has 1 aromatic heterocycles. The number of nitrogens with zero attached hydrogens (tertiary/aromatic N) is 1. The van der Waals surface area contributed by atoms with E-state index in [1.54, 1.807) is 0 Å². The Labute approximate surface area is 95.8 Å². The maximum Gasteiger partial charge on any atom is 0.134 e. The first-order valence-electron chi connectivity index (χ1n) is 5.55. The molecule has 0 aliphatic rings. The molecule has 0 radical (unpaired) electrons. The second-order valence-corrected chi connectivity index (χ2v) is 4.39. The maximum absolute atomic E-state index is 6.09. The molecular formula is C13H18N2O. The fourth-order valence-electron chi connectivity index (χ4n) is 1.72. The van der Waals surface area contributed by atoms with Crippen molar-refractivity contribution in [3.05, 3.63) is 36.1 Å². The van der Waals surface area contributed by atoms with Crippen LogP contribution in [0.25, 0.3) is 11.0 Å². The van der Waals surface area contributed by atoms with E-state index in [4.69, 9.17) is 10.2 Å². The summed E-state index contributed by atoms with van der Waals surface area (Å²) in [7, 11) is 4.09. The van der Waals surface area contributed by atoms with E-state index in [9.17, 15) is 0 Å². The minimum atomic E-state index is -0.0187. The number of fused-ring (bicyclic) bond motifs is 1. The van der Waals surface area contributed by atoms with E-state index in [1.165, 1.54) is 0 Å². The topological polar surface area (TPSA) is 42.4 Å². The van der Waals surface area contributed by atoms with E-state index in [1.807, 2.05) is 44.4 Å². The molecule has 3 heteroatoms. The summed E-state index contributed by atoms with van der Waals surface area (Å²) in [5.41, 5.74) is 7.00. The van der Waals surface area contributed by atoms with Crippen LogP contribution in [-0.4, -0.2) is 25.5 Å². The van der Waals surface area contributed by atoms with Gasteiger partial charge in [0.2, 0.25) is 0 Å². The summed E-state index contributed by atoms with van der Waals surface area (Å²) in [6.07, 6.45) is 0.910. The summed E-state index contributed by atoms with van der Waals surface area (Å²) < 4.78 is 5.72. The van der Waals surface area contributed by atoms with Crippen molar-refractivity contribution < 1.29 is 4.42 Å². The Kier molecular flexibility index (Phi) is 3.27. The molecule has 1 aromatic carbocycles. The highest BCUT2D eigenvalue weighted by Gasteiger charge is 2.11. The van der Waals surface area contributed by atoms with E-state index in [0.29, 0.717) is 0 Å². The van der Waals surface area contributed by atoms with E-state index >= 15 is 0 Å². The van der Waals surface area contributed by atoms with Crippen LogP contribution in [0.4, 0.5) is 0 Å². The van der Waals surface area contributed by atoms with Gasteiger partial charge in [0, 0.05) is 5.39 Å². The van der Waals surface area contributed by atoms with Crippen LogP contribution in [-0.2, 0) is 0 Å². The number of para-hydroxylation sites is 1. The summed E-state index contributed by atoms with van der Waals surface area (Å²) in [6.45, 7) is 0.970. The Morgan fingerprint density at radius 3 is 2.75 bits per heavy atom. The van der Waals surface area contributed by atoms with Gasteiger partial charge in [-0.1, -0.05) is 18.2 Å². The minimum Gasteiger partial charge on any atom is -0.459 e. The van der Waals surface area contributed by atoms with Crippen molar-refractivity contribution in [2.24, 2.45) is 5.73 Å². The first kappa shape index (κ1) is 11.2. The van der Waals surface area contributed by atoms with E-state index in [0.717, 1.165) is 29.7 Å². The first-order chi connectivity index (χ1) is 7.66. The highest BCUT2D eigenvalue weighted by Crippen LogP contribution is 2.24. The van der Waals surface area contributed by atoms with Crippen LogP contribution in [0.2, 0.25) is 0 Å². The van der Waals surface area contributed by atoms with Gasteiger partial charge in [0.25, 0.3) is 0 Å². The van der Waals surface area contributed by atoms with Crippen LogP contribution >= 0.6 is 0 Å². The summed E-state index contributed by atoms with van der Waals surface area (Å²) in [4.78, 5) is 2.13. The Bertz CT molecular complexity index is 429. The molecule has 0 aliphatic heterocycles. The average molecular weight is 218 g/mol. The van der Waals surface area contributed by atoms with Crippen molar-refractivity contribution in [2.75, 3.05) is 20.6 Å². The number of furan rings is 1. The molecule has 2 rings (SSSR count). The third kappa shape index (κ3) is 2.43. The van der Waals surface area contributed by atoms with E-state index < -0.39 is 0 Å². The third-order valence-electron chi connectivity index (χ3n) is 2.70. The predicted molar refractivity (Wildman–Crippen MR) is 66.3 cm³/mol. The van der Waals surface area contributed by atoms with E-state index in [-0.39, 0.29) is 6.04 Å². The molecule has 2 aromatic rings. The Morgan fingerprint density at radius 1 is 1.31 bits per heavy atom. The average Bonchev–Trinajstić information content (AvgIpc) is 2.69. The number of hydrogen-bond acceptors (Lipinski definition) is 3. The molecule has 1 heterocycles. The molecule has 86 valence electrons. The molecule has 1 unspecified atom stereocenters. The SMILES string of the molecule is CN(C)CCC(N)c1cc2ccccc2o1. The standard InChI is InChI=1S/C13H18N2O/c1-15(2)8-7-11(14)13-9-10-5-3-4-6-12(10)16-13/h3-6,9,11H,7-8,14H2,1-2H3. The normalized spacial score (nSPS) is 13.5. The van der Waals surface area contributed by atoms with Crippen molar-refractivity contribution in [3.63, 3.8) is 0 Å². The van der Waals surface area contributed by atoms with Gasteiger partial charge in [0.05, 0.1) is 6.04 Å². The zero-order valence-electron chi connectivity index (χ0n) is 9.81. The van der Waals surface area contributed by atoms with Crippen LogP contribution in [0.15, 0.2) is 34.7 Å². The molecule has 0 spiro atoms. The summed E-state index contributed by atoms with van der Waals surface area (Å²) in [5, 5.41) is 1.12. The number of hydrogen-bond donors (Lipinski definition) is 1. The van der Waals surface area contributed by atoms with Crippen molar-refractivity contribution in [3.8, 4) is 0 Å². The van der Waals surface area contributed by atoms with Gasteiger partial charge in [-0.15, -0.1) is 0 Å². The van der Waals surface area contributed by atoms with Crippen molar-refractivity contribution in [1.29, 1.82) is 0 Å².